The van der Waals surface area contributed by atoms with Gasteiger partial charge < -0.3 is 15.8 Å². The Morgan fingerprint density at radius 1 is 1.28 bits per heavy atom. The molecule has 1 aliphatic heterocycles. The van der Waals surface area contributed by atoms with Crippen LogP contribution in [-0.2, 0) is 22.6 Å². The highest BCUT2D eigenvalue weighted by atomic mass is 35.5. The van der Waals surface area contributed by atoms with Crippen molar-refractivity contribution in [1.29, 1.82) is 0 Å². The average Bonchev–Trinajstić information content (AvgIpc) is 3.14. The van der Waals surface area contributed by atoms with Crippen LogP contribution in [0.2, 0.25) is 0 Å². The Bertz CT molecular complexity index is 657. The molecule has 6 nitrogen and oxygen atoms in total. The maximum atomic E-state index is 12.3. The molecule has 1 atom stereocenters. The van der Waals surface area contributed by atoms with Crippen LogP contribution in [0.1, 0.15) is 24.0 Å². The van der Waals surface area contributed by atoms with Crippen molar-refractivity contribution < 1.29 is 9.53 Å². The Labute approximate surface area is 154 Å². The van der Waals surface area contributed by atoms with Crippen LogP contribution in [0.4, 0.5) is 0 Å². The summed E-state index contributed by atoms with van der Waals surface area (Å²) >= 11 is 0. The highest BCUT2D eigenvalue weighted by Gasteiger charge is 2.26. The number of nitrogens with two attached hydrogens (primary N) is 1. The van der Waals surface area contributed by atoms with Crippen LogP contribution in [-0.4, -0.2) is 34.9 Å². The minimum Gasteiger partial charge on any atom is -0.381 e. The number of carbonyl (C=O) groups excluding carboxylic acids is 1. The first-order chi connectivity index (χ1) is 11.7. The van der Waals surface area contributed by atoms with Crippen LogP contribution in [0.3, 0.4) is 0 Å². The van der Waals surface area contributed by atoms with E-state index in [1.807, 2.05) is 35.1 Å². The van der Waals surface area contributed by atoms with Crippen molar-refractivity contribution in [1.82, 2.24) is 15.1 Å². The lowest BCUT2D eigenvalue weighted by molar-refractivity contribution is -0.124. The molecule has 1 amide bonds. The van der Waals surface area contributed by atoms with Gasteiger partial charge in [0, 0.05) is 32.2 Å². The van der Waals surface area contributed by atoms with Gasteiger partial charge in [-0.15, -0.1) is 12.4 Å². The zero-order chi connectivity index (χ0) is 16.8. The zero-order valence-corrected chi connectivity index (χ0v) is 15.0. The summed E-state index contributed by atoms with van der Waals surface area (Å²) in [5.41, 5.74) is 8.35. The first-order valence-electron chi connectivity index (χ1n) is 8.39. The minimum atomic E-state index is -0.466. The summed E-state index contributed by atoms with van der Waals surface area (Å²) in [6.07, 6.45) is 5.39. The summed E-state index contributed by atoms with van der Waals surface area (Å²) < 4.78 is 7.20. The molecule has 3 N–H and O–H groups in total. The zero-order valence-electron chi connectivity index (χ0n) is 14.1. The van der Waals surface area contributed by atoms with E-state index in [-0.39, 0.29) is 24.2 Å². The predicted molar refractivity (Wildman–Crippen MR) is 98.4 cm³/mol. The molecule has 1 saturated heterocycles. The molecule has 0 spiro atoms. The second-order valence-corrected chi connectivity index (χ2v) is 6.17. The van der Waals surface area contributed by atoms with Crippen LogP contribution < -0.4 is 11.1 Å². The molecule has 1 aromatic heterocycles. The number of benzene rings is 1. The fraction of sp³-hybridized carbons (Fsp3) is 0.444. The van der Waals surface area contributed by atoms with Crippen molar-refractivity contribution in [2.45, 2.75) is 32.0 Å². The van der Waals surface area contributed by atoms with Gasteiger partial charge in [0.1, 0.15) is 0 Å². The van der Waals surface area contributed by atoms with Crippen LogP contribution >= 0.6 is 12.4 Å². The molecule has 1 unspecified atom stereocenters. The van der Waals surface area contributed by atoms with Crippen molar-refractivity contribution >= 4 is 18.3 Å². The molecule has 2 heterocycles. The van der Waals surface area contributed by atoms with E-state index in [1.165, 1.54) is 0 Å². The van der Waals surface area contributed by atoms with E-state index < -0.39 is 6.04 Å². The van der Waals surface area contributed by atoms with Gasteiger partial charge in [-0.05, 0) is 36.0 Å². The molecular formula is C18H25ClN4O2. The molecule has 1 aromatic carbocycles. The topological polar surface area (TPSA) is 82.2 Å². The predicted octanol–water partition coefficient (Wildman–Crippen LogP) is 1.72. The SMILES string of the molecule is Cl.NC(C(=O)NCc1ccccc1Cn1cccn1)C1CCOCC1. The summed E-state index contributed by atoms with van der Waals surface area (Å²) in [5, 5.41) is 7.22. The van der Waals surface area contributed by atoms with Crippen molar-refractivity contribution in [2.24, 2.45) is 11.7 Å². The van der Waals surface area contributed by atoms with Crippen LogP contribution in [0.25, 0.3) is 0 Å². The third kappa shape index (κ3) is 5.29. The molecule has 0 bridgehead atoms. The van der Waals surface area contributed by atoms with E-state index in [2.05, 4.69) is 16.5 Å². The first kappa shape index (κ1) is 19.4. The number of rotatable bonds is 6. The fourth-order valence-electron chi connectivity index (χ4n) is 3.04. The fourth-order valence-corrected chi connectivity index (χ4v) is 3.04. The van der Waals surface area contributed by atoms with E-state index in [4.69, 9.17) is 10.5 Å². The number of hydrogen-bond acceptors (Lipinski definition) is 4. The van der Waals surface area contributed by atoms with Crippen molar-refractivity contribution in [3.63, 3.8) is 0 Å². The van der Waals surface area contributed by atoms with Crippen LogP contribution in [0.5, 0.6) is 0 Å². The third-order valence-corrected chi connectivity index (χ3v) is 4.54. The van der Waals surface area contributed by atoms with Gasteiger partial charge in [0.15, 0.2) is 0 Å². The molecule has 1 fully saturated rings. The smallest absolute Gasteiger partial charge is 0.237 e. The third-order valence-electron chi connectivity index (χ3n) is 4.54. The summed E-state index contributed by atoms with van der Waals surface area (Å²) in [6, 6.07) is 9.50. The lowest BCUT2D eigenvalue weighted by Crippen LogP contribution is -2.46. The second kappa shape index (κ2) is 9.56. The van der Waals surface area contributed by atoms with E-state index >= 15 is 0 Å². The number of halogens is 1. The van der Waals surface area contributed by atoms with E-state index in [1.54, 1.807) is 6.20 Å². The Kier molecular flexibility index (Phi) is 7.43. The van der Waals surface area contributed by atoms with Gasteiger partial charge in [-0.1, -0.05) is 24.3 Å². The van der Waals surface area contributed by atoms with E-state index in [9.17, 15) is 4.79 Å². The molecule has 7 heteroatoms. The van der Waals surface area contributed by atoms with E-state index in [0.29, 0.717) is 26.3 Å². The molecule has 0 radical (unpaired) electrons. The first-order valence-corrected chi connectivity index (χ1v) is 8.39. The lowest BCUT2D eigenvalue weighted by Gasteiger charge is -2.26. The van der Waals surface area contributed by atoms with Gasteiger partial charge in [0.05, 0.1) is 12.6 Å². The minimum absolute atomic E-state index is 0. The normalized spacial score (nSPS) is 16.0. The Hall–Kier alpha value is -1.89. The Balaban J connectivity index is 0.00000225. The van der Waals surface area contributed by atoms with Gasteiger partial charge >= 0.3 is 0 Å². The highest BCUT2D eigenvalue weighted by molar-refractivity contribution is 5.85. The van der Waals surface area contributed by atoms with Crippen LogP contribution in [0.15, 0.2) is 42.7 Å². The second-order valence-electron chi connectivity index (χ2n) is 6.17. The van der Waals surface area contributed by atoms with Gasteiger partial charge in [0.2, 0.25) is 5.91 Å². The van der Waals surface area contributed by atoms with Crippen molar-refractivity contribution in [3.05, 3.63) is 53.9 Å². The molecule has 3 rings (SSSR count). The van der Waals surface area contributed by atoms with E-state index in [0.717, 1.165) is 24.0 Å². The average molecular weight is 365 g/mol. The largest absolute Gasteiger partial charge is 0.381 e. The summed E-state index contributed by atoms with van der Waals surface area (Å²) in [7, 11) is 0. The van der Waals surface area contributed by atoms with Gasteiger partial charge in [0.25, 0.3) is 0 Å². The number of amides is 1. The summed E-state index contributed by atoms with van der Waals surface area (Å²) in [5.74, 6) is 0.119. The molecule has 0 saturated carbocycles. The monoisotopic (exact) mass is 364 g/mol. The molecular weight excluding hydrogens is 340 g/mol. The number of carbonyl (C=O) groups is 1. The quantitative estimate of drug-likeness (QED) is 0.817. The highest BCUT2D eigenvalue weighted by Crippen LogP contribution is 2.18. The maximum absolute atomic E-state index is 12.3. The van der Waals surface area contributed by atoms with Gasteiger partial charge in [-0.25, -0.2) is 0 Å². The number of ether oxygens (including phenoxy) is 1. The standard InChI is InChI=1S/C18H24N4O2.ClH/c19-17(14-6-10-24-11-7-14)18(23)20-12-15-4-1-2-5-16(15)13-22-9-3-8-21-22;/h1-5,8-9,14,17H,6-7,10-13,19H2,(H,20,23);1H. The molecule has 136 valence electrons. The number of hydrogen-bond donors (Lipinski definition) is 2. The van der Waals surface area contributed by atoms with Crippen molar-refractivity contribution in [2.75, 3.05) is 13.2 Å². The lowest BCUT2D eigenvalue weighted by atomic mass is 9.92. The Morgan fingerprint density at radius 2 is 2.00 bits per heavy atom. The number of nitrogens with zero attached hydrogens (tertiary/aromatic N) is 2. The maximum Gasteiger partial charge on any atom is 0.237 e. The Morgan fingerprint density at radius 3 is 2.68 bits per heavy atom. The molecule has 1 aliphatic rings. The molecule has 0 aliphatic carbocycles. The number of nitrogens with one attached hydrogen (secondary N) is 1. The summed E-state index contributed by atoms with van der Waals surface area (Å²) in [6.45, 7) is 2.55. The van der Waals surface area contributed by atoms with Crippen molar-refractivity contribution in [3.8, 4) is 0 Å². The van der Waals surface area contributed by atoms with Gasteiger partial charge in [-0.2, -0.15) is 5.10 Å². The molecule has 2 aromatic rings. The van der Waals surface area contributed by atoms with Crippen LogP contribution in [0, 0.1) is 5.92 Å². The number of aromatic nitrogens is 2. The summed E-state index contributed by atoms with van der Waals surface area (Å²) in [4.78, 5) is 12.3. The molecule has 25 heavy (non-hydrogen) atoms. The van der Waals surface area contributed by atoms with Gasteiger partial charge in [-0.3, -0.25) is 9.48 Å².